The quantitative estimate of drug-likeness (QED) is 0.776. The molecule has 1 aromatic heterocycles. The van der Waals surface area contributed by atoms with E-state index in [2.05, 4.69) is 34.4 Å². The van der Waals surface area contributed by atoms with E-state index in [1.54, 1.807) is 6.20 Å². The third-order valence-corrected chi connectivity index (χ3v) is 2.48. The van der Waals surface area contributed by atoms with Crippen LogP contribution in [0.3, 0.4) is 0 Å². The Balaban J connectivity index is 2.33. The Hall–Kier alpha value is -1.36. The van der Waals surface area contributed by atoms with Crippen LogP contribution in [0.1, 0.15) is 25.8 Å². The highest BCUT2D eigenvalue weighted by atomic mass is 35.5. The highest BCUT2D eigenvalue weighted by Gasteiger charge is 2.04. The van der Waals surface area contributed by atoms with Gasteiger partial charge in [-0.1, -0.05) is 13.8 Å². The average molecular weight is 271 g/mol. The first-order valence-corrected chi connectivity index (χ1v) is 6.36. The van der Waals surface area contributed by atoms with Gasteiger partial charge in [0, 0.05) is 31.3 Å². The maximum atomic E-state index is 11.5. The molecule has 0 saturated heterocycles. The lowest BCUT2D eigenvalue weighted by atomic mass is 10.2. The van der Waals surface area contributed by atoms with Gasteiger partial charge >= 0.3 is 0 Å². The number of carbonyl (C=O) groups is 1. The van der Waals surface area contributed by atoms with E-state index in [0.29, 0.717) is 31.2 Å². The molecule has 1 aromatic rings. The van der Waals surface area contributed by atoms with Gasteiger partial charge in [-0.05, 0) is 24.4 Å². The topological polar surface area (TPSA) is 66.9 Å². The fourth-order valence-electron chi connectivity index (χ4n) is 1.30. The molecule has 0 radical (unpaired) electrons. The highest BCUT2D eigenvalue weighted by molar-refractivity contribution is 6.28. The summed E-state index contributed by atoms with van der Waals surface area (Å²) in [5, 5.41) is 6.13. The zero-order chi connectivity index (χ0) is 13.5. The van der Waals surface area contributed by atoms with Crippen molar-refractivity contribution in [3.63, 3.8) is 0 Å². The van der Waals surface area contributed by atoms with E-state index < -0.39 is 0 Å². The zero-order valence-corrected chi connectivity index (χ0v) is 11.7. The summed E-state index contributed by atoms with van der Waals surface area (Å²) in [5.41, 5.74) is 0.905. The largest absolute Gasteiger partial charge is 0.369 e. The molecule has 0 unspecified atom stereocenters. The molecule has 0 aliphatic rings. The fraction of sp³-hybridized carbons (Fsp3) is 0.583. The number of halogens is 1. The van der Waals surface area contributed by atoms with Crippen molar-refractivity contribution in [2.45, 2.75) is 27.2 Å². The number of hydrogen-bond acceptors (Lipinski definition) is 4. The van der Waals surface area contributed by atoms with Crippen molar-refractivity contribution >= 4 is 23.3 Å². The van der Waals surface area contributed by atoms with Gasteiger partial charge in [-0.2, -0.15) is 0 Å². The Morgan fingerprint density at radius 2 is 2.22 bits per heavy atom. The van der Waals surface area contributed by atoms with Crippen molar-refractivity contribution in [1.82, 2.24) is 15.3 Å². The lowest BCUT2D eigenvalue weighted by Gasteiger charge is -2.09. The first-order valence-electron chi connectivity index (χ1n) is 5.98. The maximum Gasteiger partial charge on any atom is 0.224 e. The minimum absolute atomic E-state index is 0.0361. The van der Waals surface area contributed by atoms with Crippen molar-refractivity contribution in [1.29, 1.82) is 0 Å². The second kappa shape index (κ2) is 7.16. The number of aromatic nitrogens is 2. The van der Waals surface area contributed by atoms with Crippen molar-refractivity contribution in [2.75, 3.05) is 18.4 Å². The summed E-state index contributed by atoms with van der Waals surface area (Å²) in [6, 6.07) is 0. The third kappa shape index (κ3) is 5.31. The molecule has 0 fully saturated rings. The molecule has 100 valence electrons. The van der Waals surface area contributed by atoms with E-state index in [1.165, 1.54) is 0 Å². The highest BCUT2D eigenvalue weighted by Crippen LogP contribution is 2.12. The number of nitrogens with zero attached hydrogens (tertiary/aromatic N) is 2. The lowest BCUT2D eigenvalue weighted by molar-refractivity contribution is -0.120. The van der Waals surface area contributed by atoms with E-state index in [1.807, 2.05) is 6.92 Å². The van der Waals surface area contributed by atoms with E-state index in [0.717, 1.165) is 5.56 Å². The van der Waals surface area contributed by atoms with Crippen molar-refractivity contribution < 1.29 is 4.79 Å². The van der Waals surface area contributed by atoms with E-state index in [-0.39, 0.29) is 11.2 Å². The van der Waals surface area contributed by atoms with Gasteiger partial charge in [0.05, 0.1) is 0 Å². The normalized spacial score (nSPS) is 10.5. The molecule has 0 spiro atoms. The molecule has 0 aliphatic heterocycles. The summed E-state index contributed by atoms with van der Waals surface area (Å²) in [4.78, 5) is 19.4. The minimum atomic E-state index is 0.0361. The van der Waals surface area contributed by atoms with E-state index in [4.69, 9.17) is 11.6 Å². The Morgan fingerprint density at radius 1 is 1.50 bits per heavy atom. The van der Waals surface area contributed by atoms with Crippen LogP contribution in [0.25, 0.3) is 0 Å². The second-order valence-corrected chi connectivity index (χ2v) is 4.88. The summed E-state index contributed by atoms with van der Waals surface area (Å²) >= 11 is 5.70. The lowest BCUT2D eigenvalue weighted by Crippen LogP contribution is -2.28. The molecule has 18 heavy (non-hydrogen) atoms. The fourth-order valence-corrected chi connectivity index (χ4v) is 1.43. The number of hydrogen-bond donors (Lipinski definition) is 2. The monoisotopic (exact) mass is 270 g/mol. The molecule has 0 atom stereocenters. The molecule has 1 amide bonds. The van der Waals surface area contributed by atoms with Crippen LogP contribution in [0.5, 0.6) is 0 Å². The molecule has 1 rings (SSSR count). The van der Waals surface area contributed by atoms with Crippen molar-refractivity contribution in [2.24, 2.45) is 5.92 Å². The van der Waals surface area contributed by atoms with Gasteiger partial charge in [0.25, 0.3) is 0 Å². The van der Waals surface area contributed by atoms with Crippen LogP contribution in [0.2, 0.25) is 5.28 Å². The van der Waals surface area contributed by atoms with Gasteiger partial charge in [0.1, 0.15) is 5.82 Å². The Kier molecular flexibility index (Phi) is 5.85. The van der Waals surface area contributed by atoms with Crippen LogP contribution in [0, 0.1) is 12.8 Å². The SMILES string of the molecule is Cc1cnc(Cl)nc1NCCC(=O)NCC(C)C. The van der Waals surface area contributed by atoms with Crippen molar-refractivity contribution in [3.05, 3.63) is 17.0 Å². The number of nitrogens with one attached hydrogen (secondary N) is 2. The van der Waals surface area contributed by atoms with E-state index in [9.17, 15) is 4.79 Å². The number of rotatable bonds is 6. The van der Waals surface area contributed by atoms with Gasteiger partial charge in [-0.15, -0.1) is 0 Å². The number of aryl methyl sites for hydroxylation is 1. The molecule has 0 saturated carbocycles. The predicted molar refractivity (Wildman–Crippen MR) is 72.7 cm³/mol. The zero-order valence-electron chi connectivity index (χ0n) is 11.0. The number of carbonyl (C=O) groups excluding carboxylic acids is 1. The Bertz CT molecular complexity index is 409. The molecule has 0 aromatic carbocycles. The van der Waals surface area contributed by atoms with Crippen molar-refractivity contribution in [3.8, 4) is 0 Å². The van der Waals surface area contributed by atoms with Gasteiger partial charge in [-0.3, -0.25) is 4.79 Å². The minimum Gasteiger partial charge on any atom is -0.369 e. The summed E-state index contributed by atoms with van der Waals surface area (Å²) in [5.74, 6) is 1.17. The molecule has 0 bridgehead atoms. The molecular formula is C12H19ClN4O. The first kappa shape index (κ1) is 14.7. The third-order valence-electron chi connectivity index (χ3n) is 2.29. The summed E-state index contributed by atoms with van der Waals surface area (Å²) in [6.45, 7) is 7.24. The van der Waals surface area contributed by atoms with Crippen LogP contribution in [-0.2, 0) is 4.79 Å². The molecular weight excluding hydrogens is 252 g/mol. The summed E-state index contributed by atoms with van der Waals surface area (Å²) < 4.78 is 0. The summed E-state index contributed by atoms with van der Waals surface area (Å²) in [6.07, 6.45) is 2.06. The summed E-state index contributed by atoms with van der Waals surface area (Å²) in [7, 11) is 0. The second-order valence-electron chi connectivity index (χ2n) is 4.55. The predicted octanol–water partition coefficient (Wildman–Crippen LogP) is 2.01. The van der Waals surface area contributed by atoms with Crippen LogP contribution in [0.4, 0.5) is 5.82 Å². The standard InChI is InChI=1S/C12H19ClN4O/c1-8(2)6-15-10(18)4-5-14-11-9(3)7-16-12(13)17-11/h7-8H,4-6H2,1-3H3,(H,15,18)(H,14,16,17). The average Bonchev–Trinajstić information content (AvgIpc) is 2.31. The van der Waals surface area contributed by atoms with Crippen LogP contribution >= 0.6 is 11.6 Å². The molecule has 5 nitrogen and oxygen atoms in total. The molecule has 1 heterocycles. The van der Waals surface area contributed by atoms with Crippen LogP contribution in [-0.4, -0.2) is 29.0 Å². The van der Waals surface area contributed by atoms with Gasteiger partial charge in [0.2, 0.25) is 11.2 Å². The van der Waals surface area contributed by atoms with E-state index >= 15 is 0 Å². The van der Waals surface area contributed by atoms with Crippen LogP contribution in [0.15, 0.2) is 6.20 Å². The van der Waals surface area contributed by atoms with Crippen LogP contribution < -0.4 is 10.6 Å². The maximum absolute atomic E-state index is 11.5. The Labute approximate surface area is 112 Å². The number of anilines is 1. The molecule has 6 heteroatoms. The smallest absolute Gasteiger partial charge is 0.224 e. The molecule has 0 aliphatic carbocycles. The van der Waals surface area contributed by atoms with Gasteiger partial charge in [-0.25, -0.2) is 9.97 Å². The van der Waals surface area contributed by atoms with Gasteiger partial charge in [0.15, 0.2) is 0 Å². The van der Waals surface area contributed by atoms with Gasteiger partial charge < -0.3 is 10.6 Å². The molecule has 2 N–H and O–H groups in total. The first-order chi connectivity index (χ1) is 8.49. The number of amides is 1. The Morgan fingerprint density at radius 3 is 2.89 bits per heavy atom.